The van der Waals surface area contributed by atoms with E-state index in [1.165, 1.54) is 0 Å². The molecule has 1 aliphatic heterocycles. The second-order valence-electron chi connectivity index (χ2n) is 4.93. The van der Waals surface area contributed by atoms with Gasteiger partial charge in [0.2, 0.25) is 0 Å². The second-order valence-corrected chi connectivity index (χ2v) is 4.93. The zero-order valence-electron chi connectivity index (χ0n) is 13.1. The molecular formula is C15H27NO5. The molecule has 1 unspecified atom stereocenters. The predicted molar refractivity (Wildman–Crippen MR) is 77.9 cm³/mol. The van der Waals surface area contributed by atoms with Crippen LogP contribution in [0.2, 0.25) is 0 Å². The van der Waals surface area contributed by atoms with Crippen molar-refractivity contribution in [3.05, 3.63) is 0 Å². The van der Waals surface area contributed by atoms with Gasteiger partial charge in [-0.1, -0.05) is 0 Å². The number of amides is 1. The molecule has 1 aliphatic rings. The Morgan fingerprint density at radius 1 is 1.24 bits per heavy atom. The highest BCUT2D eigenvalue weighted by Crippen LogP contribution is 2.15. The summed E-state index contributed by atoms with van der Waals surface area (Å²) in [7, 11) is 0. The molecule has 0 aromatic heterocycles. The quantitative estimate of drug-likeness (QED) is 0.450. The van der Waals surface area contributed by atoms with Crippen LogP contribution in [0.5, 0.6) is 0 Å². The third-order valence-corrected chi connectivity index (χ3v) is 3.33. The average Bonchev–Trinajstić information content (AvgIpc) is 3.00. The van der Waals surface area contributed by atoms with E-state index in [-0.39, 0.29) is 24.4 Å². The van der Waals surface area contributed by atoms with Gasteiger partial charge in [0.15, 0.2) is 0 Å². The van der Waals surface area contributed by atoms with Crippen LogP contribution in [0, 0.1) is 0 Å². The lowest BCUT2D eigenvalue weighted by molar-refractivity contribution is -0.146. The number of ether oxygens (including phenoxy) is 3. The number of rotatable bonds is 10. The summed E-state index contributed by atoms with van der Waals surface area (Å²) in [6, 6.07) is 0. The van der Waals surface area contributed by atoms with Crippen LogP contribution in [0.15, 0.2) is 0 Å². The minimum Gasteiger partial charge on any atom is -0.466 e. The van der Waals surface area contributed by atoms with Crippen molar-refractivity contribution in [3.63, 3.8) is 0 Å². The van der Waals surface area contributed by atoms with Gasteiger partial charge in [-0.15, -0.1) is 0 Å². The minimum absolute atomic E-state index is 0.0201. The monoisotopic (exact) mass is 301 g/mol. The van der Waals surface area contributed by atoms with Crippen molar-refractivity contribution in [2.75, 3.05) is 39.5 Å². The Balaban J connectivity index is 2.43. The first kappa shape index (κ1) is 17.9. The predicted octanol–water partition coefficient (Wildman–Crippen LogP) is 1.37. The number of hydrogen-bond donors (Lipinski definition) is 0. The summed E-state index contributed by atoms with van der Waals surface area (Å²) in [5.41, 5.74) is 0. The van der Waals surface area contributed by atoms with Crippen LogP contribution in [0.1, 0.15) is 39.5 Å². The fourth-order valence-electron chi connectivity index (χ4n) is 2.27. The van der Waals surface area contributed by atoms with E-state index >= 15 is 0 Å². The maximum atomic E-state index is 12.4. The summed E-state index contributed by atoms with van der Waals surface area (Å²) in [4.78, 5) is 25.5. The highest BCUT2D eigenvalue weighted by atomic mass is 16.5. The van der Waals surface area contributed by atoms with Crippen LogP contribution in [-0.4, -0.2) is 62.4 Å². The smallest absolute Gasteiger partial charge is 0.307 e. The molecule has 1 saturated heterocycles. The van der Waals surface area contributed by atoms with Crippen molar-refractivity contribution in [2.24, 2.45) is 0 Å². The van der Waals surface area contributed by atoms with Gasteiger partial charge in [-0.3, -0.25) is 9.59 Å². The lowest BCUT2D eigenvalue weighted by Gasteiger charge is -2.25. The average molecular weight is 301 g/mol. The van der Waals surface area contributed by atoms with Gasteiger partial charge in [0.05, 0.1) is 13.0 Å². The maximum Gasteiger partial charge on any atom is 0.307 e. The summed E-state index contributed by atoms with van der Waals surface area (Å²) in [6.07, 6.45) is 2.32. The molecular weight excluding hydrogens is 274 g/mol. The van der Waals surface area contributed by atoms with Crippen molar-refractivity contribution in [2.45, 2.75) is 45.6 Å². The Morgan fingerprint density at radius 2 is 2.05 bits per heavy atom. The molecule has 0 saturated carbocycles. The molecule has 0 N–H and O–H groups in total. The van der Waals surface area contributed by atoms with Crippen molar-refractivity contribution >= 4 is 11.9 Å². The maximum absolute atomic E-state index is 12.4. The Labute approximate surface area is 126 Å². The number of carbonyl (C=O) groups excluding carboxylic acids is 2. The molecule has 0 aliphatic carbocycles. The molecule has 0 spiro atoms. The van der Waals surface area contributed by atoms with Crippen molar-refractivity contribution in [1.29, 1.82) is 0 Å². The van der Waals surface area contributed by atoms with Crippen LogP contribution in [0.4, 0.5) is 0 Å². The molecule has 1 rings (SSSR count). The minimum atomic E-state index is -0.348. The van der Waals surface area contributed by atoms with E-state index in [1.54, 1.807) is 11.8 Å². The molecule has 1 fully saturated rings. The van der Waals surface area contributed by atoms with Crippen LogP contribution < -0.4 is 0 Å². The molecule has 122 valence electrons. The number of hydrogen-bond acceptors (Lipinski definition) is 5. The summed E-state index contributed by atoms with van der Waals surface area (Å²) < 4.78 is 15.6. The van der Waals surface area contributed by atoms with Crippen LogP contribution in [-0.2, 0) is 23.8 Å². The second kappa shape index (κ2) is 10.6. The molecule has 1 atom stereocenters. The van der Waals surface area contributed by atoms with Crippen LogP contribution in [0.25, 0.3) is 0 Å². The van der Waals surface area contributed by atoms with Crippen LogP contribution >= 0.6 is 0 Å². The first-order valence-electron chi connectivity index (χ1n) is 7.82. The van der Waals surface area contributed by atoms with E-state index in [4.69, 9.17) is 14.2 Å². The SMILES string of the molecule is CCOCCCN(CCC(=O)OCC)C(=O)C1CCCO1. The van der Waals surface area contributed by atoms with Gasteiger partial charge >= 0.3 is 5.97 Å². The summed E-state index contributed by atoms with van der Waals surface area (Å²) in [5, 5.41) is 0. The van der Waals surface area contributed by atoms with Gasteiger partial charge in [-0.25, -0.2) is 0 Å². The number of nitrogens with zero attached hydrogens (tertiary/aromatic N) is 1. The third kappa shape index (κ3) is 6.91. The first-order chi connectivity index (χ1) is 10.2. The number of carbonyl (C=O) groups is 2. The summed E-state index contributed by atoms with van der Waals surface area (Å²) in [5.74, 6) is -0.291. The normalized spacial score (nSPS) is 17.7. The van der Waals surface area contributed by atoms with Gasteiger partial charge < -0.3 is 19.1 Å². The van der Waals surface area contributed by atoms with Gasteiger partial charge in [0, 0.05) is 32.9 Å². The Bertz CT molecular complexity index is 315. The van der Waals surface area contributed by atoms with Gasteiger partial charge in [0.25, 0.3) is 5.91 Å². The molecule has 0 aromatic rings. The van der Waals surface area contributed by atoms with Gasteiger partial charge in [0.1, 0.15) is 6.10 Å². The zero-order chi connectivity index (χ0) is 15.5. The highest BCUT2D eigenvalue weighted by Gasteiger charge is 2.28. The first-order valence-corrected chi connectivity index (χ1v) is 7.82. The molecule has 0 radical (unpaired) electrons. The lowest BCUT2D eigenvalue weighted by atomic mass is 10.2. The molecule has 0 bridgehead atoms. The van der Waals surface area contributed by atoms with Crippen molar-refractivity contribution in [1.82, 2.24) is 4.90 Å². The van der Waals surface area contributed by atoms with E-state index in [0.717, 1.165) is 19.3 Å². The molecule has 6 nitrogen and oxygen atoms in total. The standard InChI is InChI=1S/C15H27NO5/c1-3-19-11-6-9-16(10-8-14(17)20-4-2)15(18)13-7-5-12-21-13/h13H,3-12H2,1-2H3. The fourth-order valence-corrected chi connectivity index (χ4v) is 2.27. The van der Waals surface area contributed by atoms with Gasteiger partial charge in [-0.2, -0.15) is 0 Å². The summed E-state index contributed by atoms with van der Waals surface area (Å²) >= 11 is 0. The largest absolute Gasteiger partial charge is 0.466 e. The molecule has 0 aromatic carbocycles. The molecule has 6 heteroatoms. The highest BCUT2D eigenvalue weighted by molar-refractivity contribution is 5.81. The Kier molecular flexibility index (Phi) is 9.01. The Hall–Kier alpha value is -1.14. The van der Waals surface area contributed by atoms with E-state index in [0.29, 0.717) is 39.5 Å². The zero-order valence-corrected chi connectivity index (χ0v) is 13.1. The molecule has 1 amide bonds. The van der Waals surface area contributed by atoms with E-state index in [1.807, 2.05) is 6.92 Å². The van der Waals surface area contributed by atoms with Gasteiger partial charge in [-0.05, 0) is 33.1 Å². The van der Waals surface area contributed by atoms with Crippen molar-refractivity contribution in [3.8, 4) is 0 Å². The number of esters is 1. The van der Waals surface area contributed by atoms with E-state index in [9.17, 15) is 9.59 Å². The third-order valence-electron chi connectivity index (χ3n) is 3.33. The lowest BCUT2D eigenvalue weighted by Crippen LogP contribution is -2.41. The van der Waals surface area contributed by atoms with Crippen LogP contribution in [0.3, 0.4) is 0 Å². The molecule has 1 heterocycles. The topological polar surface area (TPSA) is 65.1 Å². The van der Waals surface area contributed by atoms with Crippen molar-refractivity contribution < 1.29 is 23.8 Å². The van der Waals surface area contributed by atoms with E-state index < -0.39 is 0 Å². The van der Waals surface area contributed by atoms with E-state index in [2.05, 4.69) is 0 Å². The Morgan fingerprint density at radius 3 is 2.67 bits per heavy atom. The fraction of sp³-hybridized carbons (Fsp3) is 0.867. The summed E-state index contributed by atoms with van der Waals surface area (Å²) in [6.45, 7) is 6.96. The molecule has 21 heavy (non-hydrogen) atoms.